The van der Waals surface area contributed by atoms with E-state index in [1.165, 1.54) is 75.8 Å². The molecule has 0 amide bonds. The van der Waals surface area contributed by atoms with Gasteiger partial charge < -0.3 is 4.74 Å². The Bertz CT molecular complexity index is 1100. The predicted molar refractivity (Wildman–Crippen MR) is 153 cm³/mol. The van der Waals surface area contributed by atoms with Gasteiger partial charge >= 0.3 is 12.0 Å². The van der Waals surface area contributed by atoms with E-state index in [9.17, 15) is 9.18 Å². The predicted octanol–water partition coefficient (Wildman–Crippen LogP) is 9.31. The number of aromatic nitrogens is 2. The molecular formula is C33H43FN2O2. The molecule has 0 saturated carbocycles. The molecule has 0 unspecified atom stereocenters. The van der Waals surface area contributed by atoms with Gasteiger partial charge in [0.05, 0.1) is 5.56 Å². The average molecular weight is 519 g/mol. The van der Waals surface area contributed by atoms with Crippen LogP contribution in [0.15, 0.2) is 54.9 Å². The summed E-state index contributed by atoms with van der Waals surface area (Å²) in [5.74, 6) is -1.04. The second-order valence-corrected chi connectivity index (χ2v) is 10.2. The fourth-order valence-electron chi connectivity index (χ4n) is 4.61. The summed E-state index contributed by atoms with van der Waals surface area (Å²) in [5, 5.41) is 0. The fraction of sp³-hybridized carbons (Fsp3) is 0.485. The van der Waals surface area contributed by atoms with Crippen molar-refractivity contribution in [3.05, 3.63) is 77.4 Å². The molecule has 1 heterocycles. The molecule has 3 rings (SSSR count). The maximum absolute atomic E-state index is 14.5. The summed E-state index contributed by atoms with van der Waals surface area (Å²) >= 11 is 0. The molecule has 0 aliphatic carbocycles. The maximum atomic E-state index is 14.5. The molecule has 0 bridgehead atoms. The van der Waals surface area contributed by atoms with Crippen LogP contribution in [-0.4, -0.2) is 15.9 Å². The molecule has 0 aliphatic heterocycles. The van der Waals surface area contributed by atoms with Gasteiger partial charge in [0.25, 0.3) is 0 Å². The van der Waals surface area contributed by atoms with E-state index in [0.29, 0.717) is 12.0 Å². The minimum atomic E-state index is -0.665. The molecule has 0 atom stereocenters. The summed E-state index contributed by atoms with van der Waals surface area (Å²) in [4.78, 5) is 20.9. The van der Waals surface area contributed by atoms with Crippen LogP contribution < -0.4 is 4.74 Å². The van der Waals surface area contributed by atoms with Crippen LogP contribution in [0.1, 0.15) is 112 Å². The Morgan fingerprint density at radius 1 is 0.711 bits per heavy atom. The lowest BCUT2D eigenvalue weighted by Gasteiger charge is -2.07. The van der Waals surface area contributed by atoms with Crippen molar-refractivity contribution in [2.75, 3.05) is 0 Å². The Kier molecular flexibility index (Phi) is 13.0. The van der Waals surface area contributed by atoms with Crippen LogP contribution in [0.25, 0.3) is 11.1 Å². The van der Waals surface area contributed by atoms with E-state index in [2.05, 4.69) is 48.1 Å². The normalized spacial score (nSPS) is 11.0. The zero-order chi connectivity index (χ0) is 27.0. The molecule has 0 N–H and O–H groups in total. The third-order valence-corrected chi connectivity index (χ3v) is 7.01. The van der Waals surface area contributed by atoms with Gasteiger partial charge in [-0.2, -0.15) is 0 Å². The molecule has 0 radical (unpaired) electrons. The van der Waals surface area contributed by atoms with Crippen LogP contribution in [-0.2, 0) is 12.8 Å². The lowest BCUT2D eigenvalue weighted by molar-refractivity contribution is 0.0719. The first kappa shape index (κ1) is 29.5. The topological polar surface area (TPSA) is 52.1 Å². The highest BCUT2D eigenvalue weighted by Gasteiger charge is 2.14. The first-order valence-corrected chi connectivity index (χ1v) is 14.5. The second kappa shape index (κ2) is 16.7. The second-order valence-electron chi connectivity index (χ2n) is 10.2. The number of ether oxygens (including phenoxy) is 1. The molecule has 3 aromatic rings. The largest absolute Gasteiger partial charge is 0.387 e. The molecule has 5 heteroatoms. The monoisotopic (exact) mass is 518 g/mol. The third kappa shape index (κ3) is 10.00. The summed E-state index contributed by atoms with van der Waals surface area (Å²) in [5.41, 5.74) is 3.98. The number of aryl methyl sites for hydroxylation is 2. The lowest BCUT2D eigenvalue weighted by atomic mass is 10.0. The molecule has 4 nitrogen and oxygen atoms in total. The molecule has 38 heavy (non-hydrogen) atoms. The van der Waals surface area contributed by atoms with Crippen LogP contribution in [0, 0.1) is 5.82 Å². The van der Waals surface area contributed by atoms with Crippen LogP contribution >= 0.6 is 0 Å². The smallest absolute Gasteiger partial charge is 0.346 e. The molecule has 204 valence electrons. The van der Waals surface area contributed by atoms with Gasteiger partial charge in [-0.25, -0.2) is 19.2 Å². The number of hydrogen-bond donors (Lipinski definition) is 0. The number of unbranched alkanes of at least 4 members (excludes halogenated alkanes) is 10. The van der Waals surface area contributed by atoms with Crippen molar-refractivity contribution < 1.29 is 13.9 Å². The molecule has 1 aromatic heterocycles. The number of halogens is 1. The van der Waals surface area contributed by atoms with Gasteiger partial charge in [-0.15, -0.1) is 0 Å². The summed E-state index contributed by atoms with van der Waals surface area (Å²) in [6, 6.07) is 12.9. The SMILES string of the molecule is CCCCCCCCc1ccc(-c2cnc(OC(=O)c3ccc(CCCCCCCC)c(F)c3)nc2)cc1. The van der Waals surface area contributed by atoms with Crippen LogP contribution in [0.2, 0.25) is 0 Å². The molecule has 2 aromatic carbocycles. The minimum absolute atomic E-state index is 0.0463. The zero-order valence-corrected chi connectivity index (χ0v) is 23.2. The van der Waals surface area contributed by atoms with E-state index in [4.69, 9.17) is 4.74 Å². The van der Waals surface area contributed by atoms with Crippen molar-refractivity contribution >= 4 is 5.97 Å². The Morgan fingerprint density at radius 2 is 1.29 bits per heavy atom. The van der Waals surface area contributed by atoms with E-state index in [1.54, 1.807) is 24.5 Å². The van der Waals surface area contributed by atoms with Gasteiger partial charge in [-0.3, -0.25) is 0 Å². The van der Waals surface area contributed by atoms with Gasteiger partial charge in [0.1, 0.15) is 5.82 Å². The fourth-order valence-corrected chi connectivity index (χ4v) is 4.61. The van der Waals surface area contributed by atoms with Gasteiger partial charge in [0.2, 0.25) is 0 Å². The Balaban J connectivity index is 1.46. The molecule has 0 saturated heterocycles. The van der Waals surface area contributed by atoms with E-state index < -0.39 is 5.97 Å². The minimum Gasteiger partial charge on any atom is -0.387 e. The summed E-state index contributed by atoms with van der Waals surface area (Å²) in [7, 11) is 0. The van der Waals surface area contributed by atoms with Gasteiger partial charge in [-0.05, 0) is 54.5 Å². The van der Waals surface area contributed by atoms with Crippen molar-refractivity contribution in [2.24, 2.45) is 0 Å². The number of carbonyl (C=O) groups excluding carboxylic acids is 1. The number of esters is 1. The van der Waals surface area contributed by atoms with Crippen LogP contribution in [0.5, 0.6) is 6.01 Å². The highest BCUT2D eigenvalue weighted by Crippen LogP contribution is 2.21. The van der Waals surface area contributed by atoms with Crippen molar-refractivity contribution in [3.63, 3.8) is 0 Å². The first-order valence-electron chi connectivity index (χ1n) is 14.5. The molecular weight excluding hydrogens is 475 g/mol. The maximum Gasteiger partial charge on any atom is 0.346 e. The number of benzene rings is 2. The Hall–Kier alpha value is -3.08. The zero-order valence-electron chi connectivity index (χ0n) is 23.2. The van der Waals surface area contributed by atoms with E-state index in [1.807, 2.05) is 0 Å². The number of hydrogen-bond acceptors (Lipinski definition) is 4. The van der Waals surface area contributed by atoms with E-state index in [-0.39, 0.29) is 17.4 Å². The van der Waals surface area contributed by atoms with Crippen LogP contribution in [0.4, 0.5) is 4.39 Å². The van der Waals surface area contributed by atoms with E-state index in [0.717, 1.165) is 30.4 Å². The van der Waals surface area contributed by atoms with Gasteiger partial charge in [-0.1, -0.05) is 108 Å². The molecule has 0 aliphatic rings. The summed E-state index contributed by atoms with van der Waals surface area (Å²) < 4.78 is 19.8. The summed E-state index contributed by atoms with van der Waals surface area (Å²) in [6.07, 6.45) is 19.8. The molecule has 0 fully saturated rings. The van der Waals surface area contributed by atoms with Crippen molar-refractivity contribution in [2.45, 2.75) is 104 Å². The third-order valence-electron chi connectivity index (χ3n) is 7.01. The first-order chi connectivity index (χ1) is 18.6. The van der Waals surface area contributed by atoms with Crippen molar-refractivity contribution in [1.29, 1.82) is 0 Å². The Morgan fingerprint density at radius 3 is 1.89 bits per heavy atom. The lowest BCUT2D eigenvalue weighted by Crippen LogP contribution is -2.11. The summed E-state index contributed by atoms with van der Waals surface area (Å²) in [6.45, 7) is 4.44. The van der Waals surface area contributed by atoms with Gasteiger partial charge in [0, 0.05) is 18.0 Å². The standard InChI is InChI=1S/C33H43FN2O2/c1-3-5-7-9-11-13-15-26-17-19-27(20-18-26)30-24-35-33(36-25-30)38-32(37)29-22-21-28(31(34)23-29)16-14-12-10-8-6-4-2/h17-25H,3-16H2,1-2H3. The number of carbonyl (C=O) groups is 1. The van der Waals surface area contributed by atoms with Gasteiger partial charge in [0.15, 0.2) is 0 Å². The average Bonchev–Trinajstić information content (AvgIpc) is 2.94. The van der Waals surface area contributed by atoms with Crippen molar-refractivity contribution in [1.82, 2.24) is 9.97 Å². The number of nitrogens with zero attached hydrogens (tertiary/aromatic N) is 2. The Labute approximate surface area is 228 Å². The van der Waals surface area contributed by atoms with Crippen molar-refractivity contribution in [3.8, 4) is 17.1 Å². The highest BCUT2D eigenvalue weighted by molar-refractivity contribution is 5.90. The highest BCUT2D eigenvalue weighted by atomic mass is 19.1. The van der Waals surface area contributed by atoms with E-state index >= 15 is 0 Å². The van der Waals surface area contributed by atoms with Crippen LogP contribution in [0.3, 0.4) is 0 Å². The quantitative estimate of drug-likeness (QED) is 0.132. The number of rotatable bonds is 17. The molecule has 0 spiro atoms.